The lowest BCUT2D eigenvalue weighted by Crippen LogP contribution is -2.28. The van der Waals surface area contributed by atoms with Gasteiger partial charge >= 0.3 is 0 Å². The molecule has 0 atom stereocenters. The minimum atomic E-state index is -0.439. The van der Waals surface area contributed by atoms with Crippen LogP contribution in [0.5, 0.6) is 5.75 Å². The van der Waals surface area contributed by atoms with Crippen molar-refractivity contribution in [2.45, 2.75) is 13.5 Å². The molecule has 1 aromatic carbocycles. The summed E-state index contributed by atoms with van der Waals surface area (Å²) in [6.07, 6.45) is 3.07. The first kappa shape index (κ1) is 15.7. The van der Waals surface area contributed by atoms with Crippen molar-refractivity contribution in [1.29, 1.82) is 0 Å². The van der Waals surface area contributed by atoms with Crippen molar-refractivity contribution in [3.63, 3.8) is 0 Å². The van der Waals surface area contributed by atoms with Crippen LogP contribution in [0.2, 0.25) is 0 Å². The Morgan fingerprint density at radius 3 is 2.88 bits per heavy atom. The van der Waals surface area contributed by atoms with E-state index < -0.39 is 5.91 Å². The van der Waals surface area contributed by atoms with E-state index in [0.29, 0.717) is 23.3 Å². The number of carbonyl (C=O) groups excluding carboxylic acids is 1. The fraction of sp³-hybridized carbons (Fsp3) is 0.167. The summed E-state index contributed by atoms with van der Waals surface area (Å²) < 4.78 is 5.50. The number of fused-ring (bicyclic) bond motifs is 1. The molecule has 0 spiro atoms. The van der Waals surface area contributed by atoms with Gasteiger partial charge in [0.15, 0.2) is 0 Å². The molecule has 2 aromatic heterocycles. The molecule has 3 aromatic rings. The summed E-state index contributed by atoms with van der Waals surface area (Å²) in [5, 5.41) is 3.13. The Labute approximate surface area is 138 Å². The minimum Gasteiger partial charge on any atom is -0.492 e. The fourth-order valence-electron chi connectivity index (χ4n) is 2.44. The van der Waals surface area contributed by atoms with Crippen LogP contribution in [0.25, 0.3) is 10.9 Å². The molecule has 2 heterocycles. The zero-order valence-electron chi connectivity index (χ0n) is 13.2. The summed E-state index contributed by atoms with van der Waals surface area (Å²) in [5.74, 6) is 0.151. The van der Waals surface area contributed by atoms with Crippen molar-refractivity contribution in [2.75, 3.05) is 6.61 Å². The highest BCUT2D eigenvalue weighted by atomic mass is 16.5. The number of amides is 1. The van der Waals surface area contributed by atoms with E-state index >= 15 is 0 Å². The van der Waals surface area contributed by atoms with E-state index in [1.807, 2.05) is 13.0 Å². The molecule has 0 aliphatic carbocycles. The minimum absolute atomic E-state index is 0.0621. The summed E-state index contributed by atoms with van der Waals surface area (Å²) in [6.45, 7) is 2.62. The molecule has 6 nitrogen and oxygen atoms in total. The van der Waals surface area contributed by atoms with Crippen LogP contribution in [-0.2, 0) is 6.54 Å². The number of nitrogens with one attached hydrogen (secondary N) is 2. The van der Waals surface area contributed by atoms with Gasteiger partial charge in [0.1, 0.15) is 11.3 Å². The molecule has 0 radical (unpaired) electrons. The second-order valence-corrected chi connectivity index (χ2v) is 5.15. The molecule has 122 valence electrons. The molecule has 2 N–H and O–H groups in total. The van der Waals surface area contributed by atoms with E-state index in [0.717, 1.165) is 5.69 Å². The highest BCUT2D eigenvalue weighted by Crippen LogP contribution is 2.21. The number of hydrogen-bond acceptors (Lipinski definition) is 4. The van der Waals surface area contributed by atoms with Crippen LogP contribution >= 0.6 is 0 Å². The fourth-order valence-corrected chi connectivity index (χ4v) is 2.44. The molecule has 0 unspecified atom stereocenters. The number of ether oxygens (including phenoxy) is 1. The zero-order chi connectivity index (χ0) is 16.9. The summed E-state index contributed by atoms with van der Waals surface area (Å²) in [7, 11) is 0. The first-order chi connectivity index (χ1) is 11.7. The van der Waals surface area contributed by atoms with E-state index in [1.165, 1.54) is 6.20 Å². The second-order valence-electron chi connectivity index (χ2n) is 5.15. The van der Waals surface area contributed by atoms with Crippen LogP contribution in [0.3, 0.4) is 0 Å². The van der Waals surface area contributed by atoms with Crippen LogP contribution in [0.1, 0.15) is 23.0 Å². The standard InChI is InChI=1S/C18H17N3O3/c1-2-24-15-8-5-7-13-16(15)20-11-14(17(13)22)18(23)21-10-12-6-3-4-9-19-12/h3-9,11H,2,10H2,1H3,(H,20,22)(H,21,23). The predicted molar refractivity (Wildman–Crippen MR) is 91.1 cm³/mol. The summed E-state index contributed by atoms with van der Waals surface area (Å²) in [4.78, 5) is 32.0. The van der Waals surface area contributed by atoms with Crippen LogP contribution in [0.4, 0.5) is 0 Å². The molecule has 0 saturated heterocycles. The summed E-state index contributed by atoms with van der Waals surface area (Å²) >= 11 is 0. The summed E-state index contributed by atoms with van der Waals surface area (Å²) in [5.41, 5.74) is 1.04. The van der Waals surface area contributed by atoms with E-state index in [1.54, 1.807) is 36.5 Å². The number of carbonyl (C=O) groups is 1. The third kappa shape index (κ3) is 3.12. The molecule has 6 heteroatoms. The van der Waals surface area contributed by atoms with Crippen molar-refractivity contribution in [1.82, 2.24) is 15.3 Å². The average Bonchev–Trinajstić information content (AvgIpc) is 2.62. The maximum absolute atomic E-state index is 12.6. The normalized spacial score (nSPS) is 10.5. The molecule has 0 bridgehead atoms. The molecule has 3 rings (SSSR count). The van der Waals surface area contributed by atoms with Gasteiger partial charge in [0, 0.05) is 12.4 Å². The van der Waals surface area contributed by atoms with Gasteiger partial charge in [0.2, 0.25) is 5.43 Å². The molecule has 24 heavy (non-hydrogen) atoms. The molecule has 0 aliphatic heterocycles. The Morgan fingerprint density at radius 2 is 2.12 bits per heavy atom. The number of nitrogens with zero attached hydrogens (tertiary/aromatic N) is 1. The van der Waals surface area contributed by atoms with Crippen molar-refractivity contribution >= 4 is 16.8 Å². The number of aromatic nitrogens is 2. The Balaban J connectivity index is 1.88. The topological polar surface area (TPSA) is 84.1 Å². The quantitative estimate of drug-likeness (QED) is 0.754. The van der Waals surface area contributed by atoms with Crippen LogP contribution < -0.4 is 15.5 Å². The van der Waals surface area contributed by atoms with Crippen molar-refractivity contribution in [2.24, 2.45) is 0 Å². The highest BCUT2D eigenvalue weighted by molar-refractivity contribution is 5.97. The smallest absolute Gasteiger partial charge is 0.257 e. The molecule has 1 amide bonds. The lowest BCUT2D eigenvalue weighted by atomic mass is 10.1. The Kier molecular flexibility index (Phi) is 4.56. The van der Waals surface area contributed by atoms with Gasteiger partial charge in [-0.15, -0.1) is 0 Å². The predicted octanol–water partition coefficient (Wildman–Crippen LogP) is 2.25. The first-order valence-corrected chi connectivity index (χ1v) is 7.66. The van der Waals surface area contributed by atoms with Gasteiger partial charge in [-0.05, 0) is 31.2 Å². The second kappa shape index (κ2) is 6.95. The third-order valence-electron chi connectivity index (χ3n) is 3.58. The number of pyridine rings is 2. The largest absolute Gasteiger partial charge is 0.492 e. The molecule has 0 fully saturated rings. The van der Waals surface area contributed by atoms with Gasteiger partial charge < -0.3 is 15.0 Å². The van der Waals surface area contributed by atoms with Gasteiger partial charge in [0.25, 0.3) is 5.91 Å². The lowest BCUT2D eigenvalue weighted by Gasteiger charge is -2.09. The lowest BCUT2D eigenvalue weighted by molar-refractivity contribution is 0.0949. The average molecular weight is 323 g/mol. The number of rotatable bonds is 5. The highest BCUT2D eigenvalue weighted by Gasteiger charge is 2.14. The van der Waals surface area contributed by atoms with Crippen molar-refractivity contribution in [3.05, 3.63) is 70.3 Å². The monoisotopic (exact) mass is 323 g/mol. The molecule has 0 aliphatic rings. The van der Waals surface area contributed by atoms with Gasteiger partial charge in [-0.2, -0.15) is 0 Å². The molecular formula is C18H17N3O3. The zero-order valence-corrected chi connectivity index (χ0v) is 13.2. The van der Waals surface area contributed by atoms with E-state index in [9.17, 15) is 9.59 Å². The van der Waals surface area contributed by atoms with Gasteiger partial charge in [-0.1, -0.05) is 12.1 Å². The van der Waals surface area contributed by atoms with Gasteiger partial charge in [-0.25, -0.2) is 0 Å². The van der Waals surface area contributed by atoms with Gasteiger partial charge in [0.05, 0.1) is 29.7 Å². The van der Waals surface area contributed by atoms with E-state index in [-0.39, 0.29) is 17.5 Å². The SMILES string of the molecule is CCOc1cccc2c(=O)c(C(=O)NCc3ccccn3)c[nH]c12. The number of para-hydroxylation sites is 1. The number of H-pyrrole nitrogens is 1. The van der Waals surface area contributed by atoms with Crippen LogP contribution in [0, 0.1) is 0 Å². The maximum atomic E-state index is 12.6. The van der Waals surface area contributed by atoms with E-state index in [2.05, 4.69) is 15.3 Å². The number of hydrogen-bond donors (Lipinski definition) is 2. The Hall–Kier alpha value is -3.15. The van der Waals surface area contributed by atoms with Gasteiger partial charge in [-0.3, -0.25) is 14.6 Å². The van der Waals surface area contributed by atoms with Crippen molar-refractivity contribution in [3.8, 4) is 5.75 Å². The van der Waals surface area contributed by atoms with E-state index in [4.69, 9.17) is 4.74 Å². The van der Waals surface area contributed by atoms with Crippen molar-refractivity contribution < 1.29 is 9.53 Å². The maximum Gasteiger partial charge on any atom is 0.257 e. The first-order valence-electron chi connectivity index (χ1n) is 7.66. The number of benzene rings is 1. The number of aromatic amines is 1. The van der Waals surface area contributed by atoms with Crippen LogP contribution in [-0.4, -0.2) is 22.5 Å². The molecular weight excluding hydrogens is 306 g/mol. The Morgan fingerprint density at radius 1 is 1.25 bits per heavy atom. The molecule has 0 saturated carbocycles. The van der Waals surface area contributed by atoms with Crippen LogP contribution in [0.15, 0.2) is 53.6 Å². The summed E-state index contributed by atoms with van der Waals surface area (Å²) in [6, 6.07) is 10.6. The third-order valence-corrected chi connectivity index (χ3v) is 3.58. The Bertz CT molecular complexity index is 920.